The molecule has 0 unspecified atom stereocenters. The number of aliphatic hydroxyl groups is 1. The predicted molar refractivity (Wildman–Crippen MR) is 114 cm³/mol. The van der Waals surface area contributed by atoms with Crippen molar-refractivity contribution in [2.75, 3.05) is 26.8 Å². The summed E-state index contributed by atoms with van der Waals surface area (Å²) in [5.41, 5.74) is -1.10. The number of hydrogen-bond donors (Lipinski definition) is 2. The molecule has 2 N–H and O–H groups in total. The fourth-order valence-electron chi connectivity index (χ4n) is 4.01. The molecule has 1 aliphatic rings. The van der Waals surface area contributed by atoms with Crippen molar-refractivity contribution < 1.29 is 29.3 Å². The number of methoxy groups -OCH3 is 1. The fraction of sp³-hybridized carbons (Fsp3) is 0.652. The summed E-state index contributed by atoms with van der Waals surface area (Å²) in [7, 11) is 1.64. The van der Waals surface area contributed by atoms with Crippen LogP contribution in [-0.4, -0.2) is 59.6 Å². The van der Waals surface area contributed by atoms with Crippen molar-refractivity contribution in [1.29, 1.82) is 0 Å². The van der Waals surface area contributed by atoms with Crippen molar-refractivity contribution in [2.24, 2.45) is 5.92 Å². The first-order chi connectivity index (χ1) is 14.1. The maximum Gasteiger partial charge on any atom is 0.410 e. The molecule has 2 atom stereocenters. The molecule has 0 aromatic heterocycles. The molecule has 0 radical (unpaired) electrons. The Kier molecular flexibility index (Phi) is 8.26. The second kappa shape index (κ2) is 10.3. The van der Waals surface area contributed by atoms with Gasteiger partial charge in [-0.25, -0.2) is 9.59 Å². The van der Waals surface area contributed by atoms with Gasteiger partial charge >= 0.3 is 12.1 Å². The van der Waals surface area contributed by atoms with E-state index in [0.717, 1.165) is 25.7 Å². The molecular weight excluding hydrogens is 386 g/mol. The summed E-state index contributed by atoms with van der Waals surface area (Å²) in [4.78, 5) is 25.7. The smallest absolute Gasteiger partial charge is 0.410 e. The summed E-state index contributed by atoms with van der Waals surface area (Å²) in [5, 5.41) is 21.2. The van der Waals surface area contributed by atoms with E-state index in [9.17, 15) is 19.8 Å². The monoisotopic (exact) mass is 421 g/mol. The lowest BCUT2D eigenvalue weighted by atomic mass is 9.74. The number of unbranched alkanes of at least 4 members (excludes halogenated alkanes) is 1. The molecule has 7 nitrogen and oxygen atoms in total. The molecule has 168 valence electrons. The lowest BCUT2D eigenvalue weighted by Crippen LogP contribution is -2.49. The molecule has 7 heteroatoms. The van der Waals surface area contributed by atoms with Gasteiger partial charge in [-0.05, 0) is 70.6 Å². The van der Waals surface area contributed by atoms with Crippen LogP contribution in [0.15, 0.2) is 24.3 Å². The highest BCUT2D eigenvalue weighted by Crippen LogP contribution is 2.40. The number of aromatic carboxylic acids is 1. The fourth-order valence-corrected chi connectivity index (χ4v) is 4.01. The molecular formula is C23H35NO6. The highest BCUT2D eigenvalue weighted by Gasteiger charge is 2.42. The number of nitrogens with zero attached hydrogens (tertiary/aromatic N) is 1. The summed E-state index contributed by atoms with van der Waals surface area (Å²) >= 11 is 0. The molecule has 1 aromatic carbocycles. The van der Waals surface area contributed by atoms with Crippen LogP contribution in [0.3, 0.4) is 0 Å². The number of carboxylic acid groups (broad SMARTS) is 1. The van der Waals surface area contributed by atoms with Crippen LogP contribution in [0.2, 0.25) is 0 Å². The van der Waals surface area contributed by atoms with Gasteiger partial charge in [0, 0.05) is 32.7 Å². The maximum absolute atomic E-state index is 12.6. The average molecular weight is 422 g/mol. The van der Waals surface area contributed by atoms with Crippen LogP contribution < -0.4 is 0 Å². The number of ether oxygens (including phenoxy) is 2. The van der Waals surface area contributed by atoms with E-state index in [1.807, 2.05) is 20.8 Å². The first-order valence-electron chi connectivity index (χ1n) is 10.6. The third-order valence-electron chi connectivity index (χ3n) is 5.51. The summed E-state index contributed by atoms with van der Waals surface area (Å²) in [6, 6.07) is 6.50. The minimum absolute atomic E-state index is 0.141. The Morgan fingerprint density at radius 3 is 2.60 bits per heavy atom. The van der Waals surface area contributed by atoms with E-state index in [0.29, 0.717) is 31.7 Å². The van der Waals surface area contributed by atoms with E-state index in [4.69, 9.17) is 9.47 Å². The van der Waals surface area contributed by atoms with Gasteiger partial charge in [-0.1, -0.05) is 12.1 Å². The minimum atomic E-state index is -1.24. The first-order valence-corrected chi connectivity index (χ1v) is 10.6. The molecule has 1 fully saturated rings. The Morgan fingerprint density at radius 1 is 1.23 bits per heavy atom. The number of likely N-dealkylation sites (tertiary alicyclic amines) is 1. The van der Waals surface area contributed by atoms with E-state index < -0.39 is 17.2 Å². The Labute approximate surface area is 179 Å². The lowest BCUT2D eigenvalue weighted by Gasteiger charge is -2.43. The van der Waals surface area contributed by atoms with Crippen LogP contribution in [0.5, 0.6) is 0 Å². The van der Waals surface area contributed by atoms with Gasteiger partial charge in [0.15, 0.2) is 0 Å². The quantitative estimate of drug-likeness (QED) is 0.615. The third-order valence-corrected chi connectivity index (χ3v) is 5.51. The number of rotatable bonds is 8. The second-order valence-electron chi connectivity index (χ2n) is 9.03. The normalized spacial score (nSPS) is 19.2. The topological polar surface area (TPSA) is 96.3 Å². The van der Waals surface area contributed by atoms with Gasteiger partial charge in [0.05, 0.1) is 11.2 Å². The van der Waals surface area contributed by atoms with Gasteiger partial charge in [-0.2, -0.15) is 0 Å². The number of carboxylic acids is 1. The first kappa shape index (κ1) is 24.2. The van der Waals surface area contributed by atoms with E-state index in [1.54, 1.807) is 30.2 Å². The molecule has 1 aliphatic heterocycles. The molecule has 1 aromatic rings. The van der Waals surface area contributed by atoms with Crippen molar-refractivity contribution in [3.05, 3.63) is 35.4 Å². The Bertz CT molecular complexity index is 729. The largest absolute Gasteiger partial charge is 0.478 e. The van der Waals surface area contributed by atoms with Crippen LogP contribution in [0.4, 0.5) is 4.79 Å². The van der Waals surface area contributed by atoms with Gasteiger partial charge in [0.25, 0.3) is 0 Å². The van der Waals surface area contributed by atoms with E-state index in [1.165, 1.54) is 6.07 Å². The van der Waals surface area contributed by atoms with Crippen molar-refractivity contribution >= 4 is 12.1 Å². The lowest BCUT2D eigenvalue weighted by molar-refractivity contribution is -0.0642. The predicted octanol–water partition coefficient (Wildman–Crippen LogP) is 4.04. The van der Waals surface area contributed by atoms with Crippen molar-refractivity contribution in [3.63, 3.8) is 0 Å². The van der Waals surface area contributed by atoms with Gasteiger partial charge in [-0.15, -0.1) is 0 Å². The summed E-state index contributed by atoms with van der Waals surface area (Å²) in [6.45, 7) is 7.04. The highest BCUT2D eigenvalue weighted by atomic mass is 16.6. The molecule has 2 rings (SSSR count). The number of amides is 1. The van der Waals surface area contributed by atoms with Crippen LogP contribution in [0, 0.1) is 5.92 Å². The third kappa shape index (κ3) is 6.44. The van der Waals surface area contributed by atoms with Gasteiger partial charge in [0.1, 0.15) is 5.60 Å². The minimum Gasteiger partial charge on any atom is -0.478 e. The molecule has 1 amide bonds. The van der Waals surface area contributed by atoms with Crippen LogP contribution in [0.1, 0.15) is 68.8 Å². The zero-order valence-corrected chi connectivity index (χ0v) is 18.5. The number of carbonyl (C=O) groups is 2. The summed E-state index contributed by atoms with van der Waals surface area (Å²) < 4.78 is 10.6. The number of hydrogen-bond acceptors (Lipinski definition) is 5. The molecule has 0 spiro atoms. The van der Waals surface area contributed by atoms with E-state index in [2.05, 4.69) is 0 Å². The molecule has 0 bridgehead atoms. The Balaban J connectivity index is 2.28. The molecule has 0 aliphatic carbocycles. The number of piperidine rings is 1. The zero-order valence-electron chi connectivity index (χ0n) is 18.5. The van der Waals surface area contributed by atoms with E-state index in [-0.39, 0.29) is 17.6 Å². The number of carbonyl (C=O) groups excluding carboxylic acids is 1. The second-order valence-corrected chi connectivity index (χ2v) is 9.03. The van der Waals surface area contributed by atoms with Gasteiger partial charge < -0.3 is 24.6 Å². The molecule has 1 heterocycles. The Morgan fingerprint density at radius 2 is 1.97 bits per heavy atom. The van der Waals surface area contributed by atoms with Gasteiger partial charge in [-0.3, -0.25) is 0 Å². The SMILES string of the molecule is COCCCC[C@@](O)(c1cccc(C(=O)O)c1)[C@@H]1CCCN(C(=O)OC(C)(C)C)C1. The van der Waals surface area contributed by atoms with Crippen LogP contribution in [0.25, 0.3) is 0 Å². The number of benzene rings is 1. The van der Waals surface area contributed by atoms with Gasteiger partial charge in [0.2, 0.25) is 0 Å². The van der Waals surface area contributed by atoms with Crippen molar-refractivity contribution in [2.45, 2.75) is 64.1 Å². The summed E-state index contributed by atoms with van der Waals surface area (Å²) in [5.74, 6) is -1.25. The maximum atomic E-state index is 12.6. The summed E-state index contributed by atoms with van der Waals surface area (Å²) in [6.07, 6.45) is 3.10. The zero-order chi connectivity index (χ0) is 22.4. The van der Waals surface area contributed by atoms with Crippen LogP contribution >= 0.6 is 0 Å². The van der Waals surface area contributed by atoms with Crippen molar-refractivity contribution in [3.8, 4) is 0 Å². The highest BCUT2D eigenvalue weighted by molar-refractivity contribution is 5.87. The van der Waals surface area contributed by atoms with Crippen LogP contribution in [-0.2, 0) is 15.1 Å². The Hall–Kier alpha value is -2.12. The average Bonchev–Trinajstić information content (AvgIpc) is 2.70. The molecule has 0 saturated carbocycles. The van der Waals surface area contributed by atoms with E-state index >= 15 is 0 Å². The van der Waals surface area contributed by atoms with Crippen molar-refractivity contribution in [1.82, 2.24) is 4.90 Å². The molecule has 30 heavy (non-hydrogen) atoms. The standard InChI is InChI=1S/C23H35NO6/c1-22(2,3)30-21(27)24-13-8-11-19(16-24)23(28,12-5-6-14-29-4)18-10-7-9-17(15-18)20(25)26/h7,9-10,15,19,28H,5-6,8,11-14,16H2,1-4H3,(H,25,26)/t19-,23-/m1/s1. The molecule has 1 saturated heterocycles.